The van der Waals surface area contributed by atoms with Gasteiger partial charge in [0.05, 0.1) is 11.7 Å². The Hall–Kier alpha value is -3.17. The number of likely N-dealkylation sites (N-methyl/N-ethyl adjacent to an activating group) is 1. The highest BCUT2D eigenvalue weighted by molar-refractivity contribution is 5.98. The molecule has 3 amide bonds. The Balaban J connectivity index is 1.90. The number of methoxy groups -OCH3 is 1. The zero-order valence-electron chi connectivity index (χ0n) is 22.0. The summed E-state index contributed by atoms with van der Waals surface area (Å²) in [5.74, 6) is 0.475. The van der Waals surface area contributed by atoms with Crippen molar-refractivity contribution in [1.82, 2.24) is 20.1 Å². The molecule has 2 N–H and O–H groups in total. The lowest BCUT2D eigenvalue weighted by molar-refractivity contribution is 0.00921. The van der Waals surface area contributed by atoms with Crippen LogP contribution in [0.25, 0.3) is 0 Å². The standard InChI is InChI=1S/C27H39N5O4/c1-6-11-29-27(34)30-22-7-8-23-24(14-22)36-18-20(3)32(16-21-9-12-28-13-10-21)15-19(2)25(35-5)17-31(4)26(23)33/h7-10,12-14,19-20,25H,6,11,15-18H2,1-5H3,(H2,29,30,34)/t19-,20+,25-/m1/s1. The molecule has 196 valence electrons. The van der Waals surface area contributed by atoms with E-state index in [2.05, 4.69) is 34.4 Å². The van der Waals surface area contributed by atoms with E-state index in [4.69, 9.17) is 9.47 Å². The van der Waals surface area contributed by atoms with Crippen LogP contribution in [0.1, 0.15) is 43.1 Å². The van der Waals surface area contributed by atoms with Crippen molar-refractivity contribution in [1.29, 1.82) is 0 Å². The summed E-state index contributed by atoms with van der Waals surface area (Å²) in [5, 5.41) is 5.62. The number of benzene rings is 1. The van der Waals surface area contributed by atoms with Crippen molar-refractivity contribution in [2.75, 3.05) is 45.7 Å². The van der Waals surface area contributed by atoms with Gasteiger partial charge in [-0.1, -0.05) is 13.8 Å². The van der Waals surface area contributed by atoms with E-state index < -0.39 is 0 Å². The van der Waals surface area contributed by atoms with Gasteiger partial charge in [0.25, 0.3) is 5.91 Å². The van der Waals surface area contributed by atoms with Crippen molar-refractivity contribution in [2.45, 2.75) is 45.9 Å². The molecule has 0 aliphatic carbocycles. The highest BCUT2D eigenvalue weighted by Crippen LogP contribution is 2.27. The summed E-state index contributed by atoms with van der Waals surface area (Å²) in [6, 6.07) is 8.96. The molecule has 0 saturated heterocycles. The van der Waals surface area contributed by atoms with Crippen molar-refractivity contribution in [2.24, 2.45) is 5.92 Å². The first-order valence-corrected chi connectivity index (χ1v) is 12.5. The number of fused-ring (bicyclic) bond motifs is 1. The molecule has 36 heavy (non-hydrogen) atoms. The lowest BCUT2D eigenvalue weighted by Crippen LogP contribution is -2.46. The highest BCUT2D eigenvalue weighted by Gasteiger charge is 2.28. The van der Waals surface area contributed by atoms with Gasteiger partial charge in [-0.05, 0) is 49.1 Å². The summed E-state index contributed by atoms with van der Waals surface area (Å²) >= 11 is 0. The molecule has 0 spiro atoms. The molecular formula is C27H39N5O4. The zero-order valence-corrected chi connectivity index (χ0v) is 22.0. The first-order chi connectivity index (χ1) is 17.3. The van der Waals surface area contributed by atoms with Gasteiger partial charge in [0, 0.05) is 70.5 Å². The van der Waals surface area contributed by atoms with Crippen molar-refractivity contribution in [3.05, 3.63) is 53.9 Å². The van der Waals surface area contributed by atoms with Gasteiger partial charge in [-0.25, -0.2) is 4.79 Å². The molecule has 0 saturated carbocycles. The van der Waals surface area contributed by atoms with Crippen LogP contribution in [0.2, 0.25) is 0 Å². The fourth-order valence-corrected chi connectivity index (χ4v) is 4.28. The number of aromatic nitrogens is 1. The van der Waals surface area contributed by atoms with Crippen LogP contribution in [0.4, 0.5) is 10.5 Å². The second-order valence-corrected chi connectivity index (χ2v) is 9.47. The van der Waals surface area contributed by atoms with Gasteiger partial charge in [0.2, 0.25) is 0 Å². The number of carbonyl (C=O) groups is 2. The number of urea groups is 1. The van der Waals surface area contributed by atoms with Gasteiger partial charge in [0.15, 0.2) is 0 Å². The number of anilines is 1. The number of hydrogen-bond donors (Lipinski definition) is 2. The molecule has 2 aromatic rings. The van der Waals surface area contributed by atoms with Gasteiger partial charge in [-0.3, -0.25) is 14.7 Å². The second kappa shape index (κ2) is 13.2. The molecule has 1 aliphatic rings. The molecule has 0 fully saturated rings. The van der Waals surface area contributed by atoms with Crippen LogP contribution < -0.4 is 15.4 Å². The van der Waals surface area contributed by atoms with Crippen molar-refractivity contribution in [3.8, 4) is 5.75 Å². The molecular weight excluding hydrogens is 458 g/mol. The van der Waals surface area contributed by atoms with Crippen LogP contribution in [0, 0.1) is 5.92 Å². The third kappa shape index (κ3) is 7.41. The van der Waals surface area contributed by atoms with Gasteiger partial charge in [-0.2, -0.15) is 0 Å². The Morgan fingerprint density at radius 2 is 1.94 bits per heavy atom. The zero-order chi connectivity index (χ0) is 26.1. The van der Waals surface area contributed by atoms with Crippen LogP contribution in [0.3, 0.4) is 0 Å². The Morgan fingerprint density at radius 1 is 1.19 bits per heavy atom. The quantitative estimate of drug-likeness (QED) is 0.633. The summed E-state index contributed by atoms with van der Waals surface area (Å²) < 4.78 is 12.1. The average Bonchev–Trinajstić information content (AvgIpc) is 2.88. The summed E-state index contributed by atoms with van der Waals surface area (Å²) in [5.41, 5.74) is 2.19. The predicted octanol–water partition coefficient (Wildman–Crippen LogP) is 3.62. The SMILES string of the molecule is CCCNC(=O)Nc1ccc2c(c1)OC[C@H](C)N(Cc1ccncc1)C[C@@H](C)[C@H](OC)CN(C)C2=O. The van der Waals surface area contributed by atoms with Gasteiger partial charge in [0.1, 0.15) is 12.4 Å². The van der Waals surface area contributed by atoms with E-state index in [1.165, 1.54) is 5.56 Å². The largest absolute Gasteiger partial charge is 0.491 e. The lowest BCUT2D eigenvalue weighted by Gasteiger charge is -2.36. The number of hydrogen-bond acceptors (Lipinski definition) is 6. The first kappa shape index (κ1) is 27.4. The fourth-order valence-electron chi connectivity index (χ4n) is 4.28. The summed E-state index contributed by atoms with van der Waals surface area (Å²) in [6.07, 6.45) is 4.32. The van der Waals surface area contributed by atoms with Gasteiger partial charge < -0.3 is 25.0 Å². The molecule has 9 nitrogen and oxygen atoms in total. The van der Waals surface area contributed by atoms with E-state index in [1.54, 1.807) is 49.7 Å². The summed E-state index contributed by atoms with van der Waals surface area (Å²) in [7, 11) is 3.47. The number of nitrogens with zero attached hydrogens (tertiary/aromatic N) is 3. The number of ether oxygens (including phenoxy) is 2. The number of pyridine rings is 1. The van der Waals surface area contributed by atoms with Crippen LogP contribution in [0.5, 0.6) is 5.75 Å². The molecule has 1 aromatic carbocycles. The van der Waals surface area contributed by atoms with Gasteiger partial charge >= 0.3 is 6.03 Å². The highest BCUT2D eigenvalue weighted by atomic mass is 16.5. The minimum absolute atomic E-state index is 0.0581. The van der Waals surface area contributed by atoms with E-state index in [0.29, 0.717) is 36.7 Å². The van der Waals surface area contributed by atoms with Crippen LogP contribution in [-0.2, 0) is 11.3 Å². The Morgan fingerprint density at radius 3 is 2.64 bits per heavy atom. The monoisotopic (exact) mass is 497 g/mol. The molecule has 3 atom stereocenters. The third-order valence-corrected chi connectivity index (χ3v) is 6.50. The van der Waals surface area contributed by atoms with Crippen molar-refractivity contribution >= 4 is 17.6 Å². The summed E-state index contributed by atoms with van der Waals surface area (Å²) in [6.45, 7) is 9.20. The number of rotatable bonds is 6. The second-order valence-electron chi connectivity index (χ2n) is 9.47. The maximum absolute atomic E-state index is 13.4. The first-order valence-electron chi connectivity index (χ1n) is 12.5. The minimum Gasteiger partial charge on any atom is -0.491 e. The molecule has 1 aromatic heterocycles. The molecule has 1 aliphatic heterocycles. The van der Waals surface area contributed by atoms with Crippen molar-refractivity contribution in [3.63, 3.8) is 0 Å². The van der Waals surface area contributed by atoms with Gasteiger partial charge in [-0.15, -0.1) is 0 Å². The number of nitrogens with one attached hydrogen (secondary N) is 2. The Bertz CT molecular complexity index is 1000. The normalized spacial score (nSPS) is 21.5. The van der Waals surface area contributed by atoms with Crippen molar-refractivity contribution < 1.29 is 19.1 Å². The van der Waals surface area contributed by atoms with E-state index in [0.717, 1.165) is 19.5 Å². The van der Waals surface area contributed by atoms with Crippen LogP contribution >= 0.6 is 0 Å². The molecule has 0 unspecified atom stereocenters. The maximum Gasteiger partial charge on any atom is 0.319 e. The Labute approximate surface area is 214 Å². The number of amides is 3. The van der Waals surface area contributed by atoms with E-state index in [-0.39, 0.29) is 30.0 Å². The number of carbonyl (C=O) groups excluding carboxylic acids is 2. The Kier molecular flexibility index (Phi) is 10.1. The maximum atomic E-state index is 13.4. The van der Waals surface area contributed by atoms with Crippen LogP contribution in [0.15, 0.2) is 42.7 Å². The smallest absolute Gasteiger partial charge is 0.319 e. The minimum atomic E-state index is -0.290. The third-order valence-electron chi connectivity index (χ3n) is 6.50. The predicted molar refractivity (Wildman–Crippen MR) is 140 cm³/mol. The molecule has 3 rings (SSSR count). The molecule has 9 heteroatoms. The van der Waals surface area contributed by atoms with Crippen LogP contribution in [-0.4, -0.2) is 79.3 Å². The van der Waals surface area contributed by atoms with E-state index >= 15 is 0 Å². The molecule has 0 bridgehead atoms. The topological polar surface area (TPSA) is 96.0 Å². The molecule has 0 radical (unpaired) electrons. The fraction of sp³-hybridized carbons (Fsp3) is 0.519. The lowest BCUT2D eigenvalue weighted by atomic mass is 10.0. The molecule has 2 heterocycles. The average molecular weight is 498 g/mol. The van der Waals surface area contributed by atoms with E-state index in [1.807, 2.05) is 19.1 Å². The summed E-state index contributed by atoms with van der Waals surface area (Å²) in [4.78, 5) is 33.7. The van der Waals surface area contributed by atoms with E-state index in [9.17, 15) is 9.59 Å².